The normalized spacial score (nSPS) is 10.8. The molecule has 0 radical (unpaired) electrons. The van der Waals surface area contributed by atoms with Gasteiger partial charge in [-0.1, -0.05) is 90.5 Å². The molecule has 0 saturated heterocycles. The van der Waals surface area contributed by atoms with Crippen molar-refractivity contribution in [2.24, 2.45) is 0 Å². The van der Waals surface area contributed by atoms with E-state index in [0.29, 0.717) is 16.9 Å². The molecule has 3 nitrogen and oxygen atoms in total. The molecule has 4 aromatic rings. The van der Waals surface area contributed by atoms with E-state index in [1.54, 1.807) is 48.6 Å². The number of allylic oxidation sites excluding steroid dienone is 1. The summed E-state index contributed by atoms with van der Waals surface area (Å²) in [6.07, 6.45) is 3.30. The Morgan fingerprint density at radius 1 is 0.656 bits per heavy atom. The van der Waals surface area contributed by atoms with Crippen LogP contribution in [0.25, 0.3) is 17.2 Å². The molecule has 3 heteroatoms. The summed E-state index contributed by atoms with van der Waals surface area (Å²) >= 11 is 0. The third-order valence-corrected chi connectivity index (χ3v) is 5.08. The first-order chi connectivity index (χ1) is 15.6. The monoisotopic (exact) mass is 418 g/mol. The number of ketones is 1. The summed E-state index contributed by atoms with van der Waals surface area (Å²) < 4.78 is 5.41. The van der Waals surface area contributed by atoms with E-state index in [9.17, 15) is 9.59 Å². The maximum absolute atomic E-state index is 12.5. The topological polar surface area (TPSA) is 43.4 Å². The van der Waals surface area contributed by atoms with Crippen LogP contribution in [0.15, 0.2) is 109 Å². The van der Waals surface area contributed by atoms with Crippen LogP contribution in [0.2, 0.25) is 0 Å². The first kappa shape index (κ1) is 21.0. The van der Waals surface area contributed by atoms with Crippen molar-refractivity contribution < 1.29 is 14.3 Å². The van der Waals surface area contributed by atoms with Gasteiger partial charge in [0.2, 0.25) is 0 Å². The summed E-state index contributed by atoms with van der Waals surface area (Å²) in [6.45, 7) is 1.96. The maximum Gasteiger partial charge on any atom is 0.343 e. The molecule has 0 aliphatic rings. The zero-order valence-corrected chi connectivity index (χ0v) is 17.7. The molecule has 0 aliphatic heterocycles. The van der Waals surface area contributed by atoms with Crippen LogP contribution in [0.4, 0.5) is 0 Å². The fraction of sp³-hybridized carbons (Fsp3) is 0.0345. The standard InChI is InChI=1S/C29H22O3/c1-21-7-12-26(13-8-21)29(31)32-27-18-9-22(10-19-27)11-20-28(30)25-16-14-24(15-17-25)23-5-3-2-4-6-23/h2-20H,1H3. The first-order valence-corrected chi connectivity index (χ1v) is 10.4. The first-order valence-electron chi connectivity index (χ1n) is 10.4. The Morgan fingerprint density at radius 3 is 1.91 bits per heavy atom. The second-order valence-corrected chi connectivity index (χ2v) is 7.47. The van der Waals surface area contributed by atoms with Crippen molar-refractivity contribution in [2.45, 2.75) is 6.92 Å². The van der Waals surface area contributed by atoms with Crippen molar-refractivity contribution in [3.8, 4) is 16.9 Å². The number of hydrogen-bond acceptors (Lipinski definition) is 3. The number of carbonyl (C=O) groups excluding carboxylic acids is 2. The molecule has 156 valence electrons. The molecule has 0 unspecified atom stereocenters. The van der Waals surface area contributed by atoms with Crippen molar-refractivity contribution in [1.29, 1.82) is 0 Å². The average Bonchev–Trinajstić information content (AvgIpc) is 2.84. The van der Waals surface area contributed by atoms with Crippen molar-refractivity contribution in [1.82, 2.24) is 0 Å². The van der Waals surface area contributed by atoms with Crippen LogP contribution in [-0.4, -0.2) is 11.8 Å². The summed E-state index contributed by atoms with van der Waals surface area (Å²) in [4.78, 5) is 24.7. The molecule has 4 rings (SSSR count). The number of rotatable bonds is 6. The largest absolute Gasteiger partial charge is 0.423 e. The molecule has 4 aromatic carbocycles. The summed E-state index contributed by atoms with van der Waals surface area (Å²) in [7, 11) is 0. The molecule has 0 spiro atoms. The number of aryl methyl sites for hydroxylation is 1. The quantitative estimate of drug-likeness (QED) is 0.150. The van der Waals surface area contributed by atoms with Gasteiger partial charge >= 0.3 is 5.97 Å². The van der Waals surface area contributed by atoms with E-state index in [2.05, 4.69) is 0 Å². The molecular formula is C29H22O3. The van der Waals surface area contributed by atoms with Gasteiger partial charge in [-0.05, 0) is 54.0 Å². The van der Waals surface area contributed by atoms with Crippen molar-refractivity contribution in [3.05, 3.63) is 131 Å². The molecule has 0 fully saturated rings. The highest BCUT2D eigenvalue weighted by Crippen LogP contribution is 2.20. The van der Waals surface area contributed by atoms with Gasteiger partial charge in [0.1, 0.15) is 5.75 Å². The van der Waals surface area contributed by atoms with Gasteiger partial charge in [0.15, 0.2) is 5.78 Å². The van der Waals surface area contributed by atoms with Crippen molar-refractivity contribution in [2.75, 3.05) is 0 Å². The van der Waals surface area contributed by atoms with E-state index in [1.165, 1.54) is 0 Å². The van der Waals surface area contributed by atoms with Gasteiger partial charge in [-0.15, -0.1) is 0 Å². The molecule has 0 bridgehead atoms. The highest BCUT2D eigenvalue weighted by Gasteiger charge is 2.08. The van der Waals surface area contributed by atoms with Crippen LogP contribution in [0.5, 0.6) is 5.75 Å². The zero-order chi connectivity index (χ0) is 22.3. The Bertz CT molecular complexity index is 1230. The number of carbonyl (C=O) groups is 2. The number of hydrogen-bond donors (Lipinski definition) is 0. The number of esters is 1. The van der Waals surface area contributed by atoms with E-state index >= 15 is 0 Å². The van der Waals surface area contributed by atoms with E-state index in [0.717, 1.165) is 22.3 Å². The van der Waals surface area contributed by atoms with E-state index in [4.69, 9.17) is 4.74 Å². The zero-order valence-electron chi connectivity index (χ0n) is 17.7. The Morgan fingerprint density at radius 2 is 1.25 bits per heavy atom. The summed E-state index contributed by atoms with van der Waals surface area (Å²) in [6, 6.07) is 31.9. The van der Waals surface area contributed by atoms with Crippen LogP contribution in [0.1, 0.15) is 31.8 Å². The van der Waals surface area contributed by atoms with Crippen LogP contribution >= 0.6 is 0 Å². The fourth-order valence-corrected chi connectivity index (χ4v) is 3.23. The lowest BCUT2D eigenvalue weighted by atomic mass is 10.0. The van der Waals surface area contributed by atoms with Crippen LogP contribution in [0.3, 0.4) is 0 Å². The third-order valence-electron chi connectivity index (χ3n) is 5.08. The summed E-state index contributed by atoms with van der Waals surface area (Å²) in [5.74, 6) is -0.0162. The Balaban J connectivity index is 1.37. The SMILES string of the molecule is Cc1ccc(C(=O)Oc2ccc(C=CC(=O)c3ccc(-c4ccccc4)cc3)cc2)cc1. The lowest BCUT2D eigenvalue weighted by Gasteiger charge is -2.05. The molecule has 0 saturated carbocycles. The van der Waals surface area contributed by atoms with Gasteiger partial charge in [0, 0.05) is 5.56 Å². The van der Waals surface area contributed by atoms with Gasteiger partial charge < -0.3 is 4.74 Å². The van der Waals surface area contributed by atoms with Crippen LogP contribution < -0.4 is 4.74 Å². The summed E-state index contributed by atoms with van der Waals surface area (Å²) in [5, 5.41) is 0. The summed E-state index contributed by atoms with van der Waals surface area (Å²) in [5.41, 5.74) is 5.24. The smallest absolute Gasteiger partial charge is 0.343 e. The van der Waals surface area contributed by atoms with E-state index in [-0.39, 0.29) is 5.78 Å². The van der Waals surface area contributed by atoms with Gasteiger partial charge in [-0.2, -0.15) is 0 Å². The van der Waals surface area contributed by atoms with Crippen molar-refractivity contribution >= 4 is 17.8 Å². The molecule has 0 heterocycles. The molecule has 0 N–H and O–H groups in total. The predicted octanol–water partition coefficient (Wildman–Crippen LogP) is 6.78. The number of benzene rings is 4. The highest BCUT2D eigenvalue weighted by molar-refractivity contribution is 6.07. The van der Waals surface area contributed by atoms with Crippen molar-refractivity contribution in [3.63, 3.8) is 0 Å². The fourth-order valence-electron chi connectivity index (χ4n) is 3.23. The molecule has 0 aromatic heterocycles. The molecule has 0 amide bonds. The van der Waals surface area contributed by atoms with Gasteiger partial charge in [0.25, 0.3) is 0 Å². The van der Waals surface area contributed by atoms with E-state index in [1.807, 2.05) is 73.7 Å². The maximum atomic E-state index is 12.5. The minimum Gasteiger partial charge on any atom is -0.423 e. The Labute approximate surface area is 187 Å². The Hall–Kier alpha value is -4.24. The second kappa shape index (κ2) is 9.71. The predicted molar refractivity (Wildman–Crippen MR) is 128 cm³/mol. The lowest BCUT2D eigenvalue weighted by Crippen LogP contribution is -2.08. The highest BCUT2D eigenvalue weighted by atomic mass is 16.5. The Kier molecular flexibility index (Phi) is 6.38. The van der Waals surface area contributed by atoms with Crippen LogP contribution in [-0.2, 0) is 0 Å². The minimum absolute atomic E-state index is 0.0699. The van der Waals surface area contributed by atoms with Gasteiger partial charge in [-0.25, -0.2) is 4.79 Å². The van der Waals surface area contributed by atoms with Crippen LogP contribution in [0, 0.1) is 6.92 Å². The molecule has 0 aliphatic carbocycles. The van der Waals surface area contributed by atoms with Gasteiger partial charge in [-0.3, -0.25) is 4.79 Å². The van der Waals surface area contributed by atoms with E-state index < -0.39 is 5.97 Å². The molecule has 32 heavy (non-hydrogen) atoms. The lowest BCUT2D eigenvalue weighted by molar-refractivity contribution is 0.0734. The molecular weight excluding hydrogens is 396 g/mol. The molecule has 0 atom stereocenters. The second-order valence-electron chi connectivity index (χ2n) is 7.47. The minimum atomic E-state index is -0.401. The third kappa shape index (κ3) is 5.27. The average molecular weight is 418 g/mol. The number of ether oxygens (including phenoxy) is 1. The van der Waals surface area contributed by atoms with Gasteiger partial charge in [0.05, 0.1) is 5.56 Å².